The Hall–Kier alpha value is -2.60. The average Bonchev–Trinajstić information content (AvgIpc) is 3.06. The van der Waals surface area contributed by atoms with E-state index in [4.69, 9.17) is 0 Å². The Bertz CT molecular complexity index is 1070. The molecule has 0 aliphatic heterocycles. The van der Waals surface area contributed by atoms with Gasteiger partial charge in [-0.1, -0.05) is 54.2 Å². The molecule has 2 heterocycles. The van der Waals surface area contributed by atoms with Gasteiger partial charge in [0.1, 0.15) is 0 Å². The molecule has 4 rings (SSSR count). The van der Waals surface area contributed by atoms with Crippen molar-refractivity contribution in [2.75, 3.05) is 6.26 Å². The summed E-state index contributed by atoms with van der Waals surface area (Å²) < 4.78 is 3.69. The zero-order chi connectivity index (χ0) is 16.5. The van der Waals surface area contributed by atoms with Crippen LogP contribution in [-0.2, 0) is 13.0 Å². The van der Waals surface area contributed by atoms with Gasteiger partial charge in [0, 0.05) is 6.54 Å². The predicted octanol–water partition coefficient (Wildman–Crippen LogP) is 3.01. The molecule has 24 heavy (non-hydrogen) atoms. The van der Waals surface area contributed by atoms with Crippen LogP contribution in [0.25, 0.3) is 16.7 Å². The highest BCUT2D eigenvalue weighted by Gasteiger charge is 2.15. The molecule has 0 spiro atoms. The van der Waals surface area contributed by atoms with Crippen LogP contribution < -0.4 is 5.56 Å². The topological polar surface area (TPSA) is 52.2 Å². The minimum Gasteiger partial charge on any atom is -0.276 e. The zero-order valence-corrected chi connectivity index (χ0v) is 14.0. The number of nitrogens with zero attached hydrogens (tertiary/aromatic N) is 4. The van der Waals surface area contributed by atoms with E-state index in [1.165, 1.54) is 17.3 Å². The van der Waals surface area contributed by atoms with Gasteiger partial charge in [-0.05, 0) is 30.4 Å². The van der Waals surface area contributed by atoms with E-state index < -0.39 is 0 Å². The predicted molar refractivity (Wildman–Crippen MR) is 96.7 cm³/mol. The number of thioether (sulfide) groups is 1. The second-order valence-corrected chi connectivity index (χ2v) is 6.31. The second-order valence-electron chi connectivity index (χ2n) is 5.53. The fourth-order valence-corrected chi connectivity index (χ4v) is 3.44. The van der Waals surface area contributed by atoms with Crippen molar-refractivity contribution in [2.24, 2.45) is 0 Å². The summed E-state index contributed by atoms with van der Waals surface area (Å²) in [5.41, 5.74) is 2.03. The van der Waals surface area contributed by atoms with Crippen LogP contribution >= 0.6 is 11.8 Å². The fraction of sp³-hybridized carbons (Fsp3) is 0.167. The number of benzene rings is 2. The van der Waals surface area contributed by atoms with Crippen LogP contribution in [-0.4, -0.2) is 25.4 Å². The Labute approximate surface area is 143 Å². The number of rotatable bonds is 4. The van der Waals surface area contributed by atoms with Crippen LogP contribution in [0.3, 0.4) is 0 Å². The molecule has 0 unspecified atom stereocenters. The van der Waals surface area contributed by atoms with Crippen LogP contribution in [0.4, 0.5) is 0 Å². The van der Waals surface area contributed by atoms with E-state index in [2.05, 4.69) is 22.3 Å². The van der Waals surface area contributed by atoms with Crippen LogP contribution in [0.2, 0.25) is 0 Å². The molecule has 0 aliphatic carbocycles. The minimum absolute atomic E-state index is 0.0194. The molecule has 0 saturated carbocycles. The Morgan fingerprint density at radius 3 is 2.54 bits per heavy atom. The summed E-state index contributed by atoms with van der Waals surface area (Å²) in [6.45, 7) is 0.573. The summed E-state index contributed by atoms with van der Waals surface area (Å²) >= 11 is 1.52. The summed E-state index contributed by atoms with van der Waals surface area (Å²) in [4.78, 5) is 12.9. The highest BCUT2D eigenvalue weighted by atomic mass is 32.2. The Kier molecular flexibility index (Phi) is 3.82. The Morgan fingerprint density at radius 1 is 1.00 bits per heavy atom. The van der Waals surface area contributed by atoms with Gasteiger partial charge < -0.3 is 0 Å². The molecule has 5 nitrogen and oxygen atoms in total. The number of aryl methyl sites for hydroxylation is 2. The van der Waals surface area contributed by atoms with E-state index in [1.54, 1.807) is 4.57 Å². The minimum atomic E-state index is -0.0194. The third-order valence-electron chi connectivity index (χ3n) is 4.13. The van der Waals surface area contributed by atoms with Crippen molar-refractivity contribution in [1.29, 1.82) is 0 Å². The first kappa shape index (κ1) is 15.0. The number of para-hydroxylation sites is 1. The lowest BCUT2D eigenvalue weighted by atomic mass is 10.1. The quantitative estimate of drug-likeness (QED) is 0.538. The lowest BCUT2D eigenvalue weighted by molar-refractivity contribution is 0.677. The number of aromatic nitrogens is 4. The van der Waals surface area contributed by atoms with Gasteiger partial charge in [-0.2, -0.15) is 0 Å². The first-order valence-corrected chi connectivity index (χ1v) is 8.96. The van der Waals surface area contributed by atoms with Gasteiger partial charge in [0.2, 0.25) is 5.78 Å². The van der Waals surface area contributed by atoms with Crippen molar-refractivity contribution >= 4 is 28.4 Å². The molecule has 0 amide bonds. The van der Waals surface area contributed by atoms with Crippen molar-refractivity contribution in [3.05, 3.63) is 70.5 Å². The first-order chi connectivity index (χ1) is 11.8. The van der Waals surface area contributed by atoms with Crippen molar-refractivity contribution in [3.8, 4) is 0 Å². The van der Waals surface area contributed by atoms with Gasteiger partial charge >= 0.3 is 0 Å². The molecule has 0 aliphatic rings. The van der Waals surface area contributed by atoms with Gasteiger partial charge in [-0.15, -0.1) is 10.2 Å². The molecule has 0 fully saturated rings. The van der Waals surface area contributed by atoms with Crippen LogP contribution in [0.15, 0.2) is 64.5 Å². The normalized spacial score (nSPS) is 11.4. The molecule has 0 N–H and O–H groups in total. The molecule has 120 valence electrons. The molecular weight excluding hydrogens is 320 g/mol. The number of hydrogen-bond acceptors (Lipinski definition) is 4. The average molecular weight is 336 g/mol. The highest BCUT2D eigenvalue weighted by Crippen LogP contribution is 2.19. The van der Waals surface area contributed by atoms with Crippen molar-refractivity contribution < 1.29 is 0 Å². The van der Waals surface area contributed by atoms with E-state index in [-0.39, 0.29) is 5.56 Å². The smallest absolute Gasteiger partial charge is 0.262 e. The summed E-state index contributed by atoms with van der Waals surface area (Å²) in [6.07, 6.45) is 2.74. The van der Waals surface area contributed by atoms with Crippen molar-refractivity contribution in [1.82, 2.24) is 19.2 Å². The summed E-state index contributed by atoms with van der Waals surface area (Å²) in [7, 11) is 0. The molecule has 6 heteroatoms. The Balaban J connectivity index is 1.91. The lowest BCUT2D eigenvalue weighted by Crippen LogP contribution is -2.24. The number of hydrogen-bond donors (Lipinski definition) is 0. The van der Waals surface area contributed by atoms with Gasteiger partial charge in [-0.3, -0.25) is 13.8 Å². The first-order valence-electron chi connectivity index (χ1n) is 7.74. The van der Waals surface area contributed by atoms with Gasteiger partial charge in [0.05, 0.1) is 10.9 Å². The number of fused-ring (bicyclic) bond motifs is 3. The van der Waals surface area contributed by atoms with Crippen molar-refractivity contribution in [2.45, 2.75) is 18.1 Å². The zero-order valence-electron chi connectivity index (χ0n) is 13.2. The van der Waals surface area contributed by atoms with E-state index >= 15 is 0 Å². The molecule has 0 saturated heterocycles. The summed E-state index contributed by atoms with van der Waals surface area (Å²) in [5, 5.41) is 9.98. The lowest BCUT2D eigenvalue weighted by Gasteiger charge is -2.11. The van der Waals surface area contributed by atoms with Crippen molar-refractivity contribution in [3.63, 3.8) is 0 Å². The van der Waals surface area contributed by atoms with Crippen LogP contribution in [0.5, 0.6) is 0 Å². The van der Waals surface area contributed by atoms with Gasteiger partial charge in [0.15, 0.2) is 5.16 Å². The molecule has 4 aromatic rings. The molecule has 0 atom stereocenters. The third kappa shape index (κ3) is 2.39. The molecule has 0 radical (unpaired) electrons. The molecule has 2 aromatic heterocycles. The second kappa shape index (κ2) is 6.13. The maximum absolute atomic E-state index is 12.9. The van der Waals surface area contributed by atoms with Gasteiger partial charge in [-0.25, -0.2) is 0 Å². The SMILES string of the molecule is CSc1nnc2n(CCc3ccccc3)c(=O)c3ccccc3n12. The molecule has 0 bridgehead atoms. The van der Waals surface area contributed by atoms with E-state index in [0.29, 0.717) is 17.7 Å². The van der Waals surface area contributed by atoms with E-state index in [9.17, 15) is 4.79 Å². The molecular formula is C18H16N4OS. The van der Waals surface area contributed by atoms with Crippen LogP contribution in [0, 0.1) is 0 Å². The summed E-state index contributed by atoms with van der Waals surface area (Å²) in [6, 6.07) is 17.8. The summed E-state index contributed by atoms with van der Waals surface area (Å²) in [5.74, 6) is 0.596. The fourth-order valence-electron chi connectivity index (χ4n) is 2.95. The van der Waals surface area contributed by atoms with E-state index in [1.807, 2.05) is 53.1 Å². The van der Waals surface area contributed by atoms with Crippen LogP contribution in [0.1, 0.15) is 5.56 Å². The van der Waals surface area contributed by atoms with E-state index in [0.717, 1.165) is 17.1 Å². The maximum atomic E-state index is 12.9. The standard InChI is InChI=1S/C18H16N4OS/c1-24-18-20-19-17-21(12-11-13-7-3-2-4-8-13)16(23)14-9-5-6-10-15(14)22(17)18/h2-10H,11-12H2,1H3. The third-order valence-corrected chi connectivity index (χ3v) is 4.76. The molecule has 2 aromatic carbocycles. The Morgan fingerprint density at radius 2 is 1.75 bits per heavy atom. The highest BCUT2D eigenvalue weighted by molar-refractivity contribution is 7.98. The largest absolute Gasteiger partial charge is 0.276 e. The maximum Gasteiger partial charge on any atom is 0.262 e. The monoisotopic (exact) mass is 336 g/mol. The van der Waals surface area contributed by atoms with Gasteiger partial charge in [0.25, 0.3) is 5.56 Å².